The Balaban J connectivity index is 1.92. The van der Waals surface area contributed by atoms with Crippen molar-refractivity contribution in [3.63, 3.8) is 0 Å². The molecule has 1 aromatic carbocycles. The minimum Gasteiger partial charge on any atom is -0.480 e. The van der Waals surface area contributed by atoms with Crippen LogP contribution in [0.15, 0.2) is 24.3 Å². The van der Waals surface area contributed by atoms with Gasteiger partial charge < -0.3 is 14.9 Å². The van der Waals surface area contributed by atoms with Gasteiger partial charge in [0.15, 0.2) is 0 Å². The van der Waals surface area contributed by atoms with Crippen LogP contribution in [0.5, 0.6) is 0 Å². The number of carbonyl (C=O) groups excluding carboxylic acids is 1. The summed E-state index contributed by atoms with van der Waals surface area (Å²) in [5, 5.41) is 8.92. The standard InChI is InChI=1S/C18H24F3N3O3/c1-2-6-22(13-17(26)27)12-16(25)24-9-7-23(8-10-24)15-5-3-4-14(11-15)18(19,20)21/h3-5,11H,2,6-10,12-13H2,1H3,(H,26,27). The van der Waals surface area contributed by atoms with Crippen molar-refractivity contribution in [3.8, 4) is 0 Å². The Kier molecular flexibility index (Phi) is 7.06. The third-order valence-corrected chi connectivity index (χ3v) is 4.43. The van der Waals surface area contributed by atoms with Crippen molar-refractivity contribution in [2.75, 3.05) is 50.7 Å². The molecule has 9 heteroatoms. The number of hydrogen-bond donors (Lipinski definition) is 1. The summed E-state index contributed by atoms with van der Waals surface area (Å²) in [6.45, 7) is 3.91. The van der Waals surface area contributed by atoms with E-state index in [1.54, 1.807) is 15.9 Å². The molecule has 1 aliphatic rings. The van der Waals surface area contributed by atoms with Crippen molar-refractivity contribution in [2.45, 2.75) is 19.5 Å². The number of halogens is 3. The lowest BCUT2D eigenvalue weighted by molar-refractivity contribution is -0.140. The van der Waals surface area contributed by atoms with Crippen LogP contribution in [-0.2, 0) is 15.8 Å². The van der Waals surface area contributed by atoms with Crippen LogP contribution in [-0.4, -0.2) is 72.6 Å². The second-order valence-corrected chi connectivity index (χ2v) is 6.52. The SMILES string of the molecule is CCCN(CC(=O)O)CC(=O)N1CCN(c2cccc(C(F)(F)F)c2)CC1. The third-order valence-electron chi connectivity index (χ3n) is 4.43. The molecule has 1 saturated heterocycles. The molecule has 0 aliphatic carbocycles. The van der Waals surface area contributed by atoms with Gasteiger partial charge in [0, 0.05) is 31.9 Å². The molecule has 0 unspecified atom stereocenters. The number of anilines is 1. The van der Waals surface area contributed by atoms with E-state index in [2.05, 4.69) is 0 Å². The Morgan fingerprint density at radius 2 is 1.81 bits per heavy atom. The fraction of sp³-hybridized carbons (Fsp3) is 0.556. The number of carboxylic acid groups (broad SMARTS) is 1. The smallest absolute Gasteiger partial charge is 0.416 e. The minimum atomic E-state index is -4.39. The van der Waals surface area contributed by atoms with E-state index < -0.39 is 17.7 Å². The topological polar surface area (TPSA) is 64.1 Å². The number of carboxylic acids is 1. The van der Waals surface area contributed by atoms with Gasteiger partial charge in [-0.1, -0.05) is 13.0 Å². The highest BCUT2D eigenvalue weighted by Crippen LogP contribution is 2.31. The first-order chi connectivity index (χ1) is 12.7. The normalized spacial score (nSPS) is 15.3. The number of amides is 1. The predicted octanol–water partition coefficient (Wildman–Crippen LogP) is 2.15. The second-order valence-electron chi connectivity index (χ2n) is 6.52. The zero-order valence-electron chi connectivity index (χ0n) is 15.2. The van der Waals surface area contributed by atoms with Gasteiger partial charge in [-0.2, -0.15) is 13.2 Å². The first-order valence-corrected chi connectivity index (χ1v) is 8.85. The highest BCUT2D eigenvalue weighted by atomic mass is 19.4. The van der Waals surface area contributed by atoms with Gasteiger partial charge in [-0.15, -0.1) is 0 Å². The summed E-state index contributed by atoms with van der Waals surface area (Å²) in [6.07, 6.45) is -3.65. The maximum absolute atomic E-state index is 12.9. The molecular weight excluding hydrogens is 363 g/mol. The van der Waals surface area contributed by atoms with E-state index in [1.165, 1.54) is 6.07 Å². The maximum Gasteiger partial charge on any atom is 0.416 e. The Morgan fingerprint density at radius 1 is 1.15 bits per heavy atom. The van der Waals surface area contributed by atoms with Crippen LogP contribution in [0.3, 0.4) is 0 Å². The zero-order valence-corrected chi connectivity index (χ0v) is 15.2. The van der Waals surface area contributed by atoms with Crippen LogP contribution >= 0.6 is 0 Å². The third kappa shape index (κ3) is 6.13. The van der Waals surface area contributed by atoms with Crippen molar-refractivity contribution in [2.24, 2.45) is 0 Å². The number of nitrogens with zero attached hydrogens (tertiary/aromatic N) is 3. The molecule has 150 valence electrons. The fourth-order valence-corrected chi connectivity index (χ4v) is 3.11. The summed E-state index contributed by atoms with van der Waals surface area (Å²) < 4.78 is 38.6. The number of alkyl halides is 3. The second kappa shape index (κ2) is 9.07. The van der Waals surface area contributed by atoms with Gasteiger partial charge in [0.25, 0.3) is 0 Å². The summed E-state index contributed by atoms with van der Waals surface area (Å²) in [7, 11) is 0. The molecule has 1 aliphatic heterocycles. The molecule has 1 heterocycles. The lowest BCUT2D eigenvalue weighted by atomic mass is 10.1. The van der Waals surface area contributed by atoms with Crippen molar-refractivity contribution >= 4 is 17.6 Å². The zero-order chi connectivity index (χ0) is 20.0. The van der Waals surface area contributed by atoms with Crippen LogP contribution in [0.1, 0.15) is 18.9 Å². The molecule has 0 aromatic heterocycles. The average Bonchev–Trinajstić information content (AvgIpc) is 2.61. The Labute approximate surface area is 156 Å². The highest BCUT2D eigenvalue weighted by molar-refractivity contribution is 5.79. The largest absolute Gasteiger partial charge is 0.480 e. The van der Waals surface area contributed by atoms with Gasteiger partial charge in [0.2, 0.25) is 5.91 Å². The summed E-state index contributed by atoms with van der Waals surface area (Å²) in [6, 6.07) is 5.16. The molecule has 0 spiro atoms. The minimum absolute atomic E-state index is 0.0314. The van der Waals surface area contributed by atoms with E-state index in [0.717, 1.165) is 18.6 Å². The first-order valence-electron chi connectivity index (χ1n) is 8.85. The van der Waals surface area contributed by atoms with Gasteiger partial charge in [-0.3, -0.25) is 14.5 Å². The van der Waals surface area contributed by atoms with Gasteiger partial charge in [0.1, 0.15) is 0 Å². The molecule has 27 heavy (non-hydrogen) atoms. The van der Waals surface area contributed by atoms with E-state index in [9.17, 15) is 22.8 Å². The summed E-state index contributed by atoms with van der Waals surface area (Å²) in [4.78, 5) is 28.3. The summed E-state index contributed by atoms with van der Waals surface area (Å²) >= 11 is 0. The van der Waals surface area contributed by atoms with Crippen molar-refractivity contribution in [1.82, 2.24) is 9.80 Å². The first kappa shape index (κ1) is 21.0. The monoisotopic (exact) mass is 387 g/mol. The molecule has 0 saturated carbocycles. The molecule has 0 radical (unpaired) electrons. The van der Waals surface area contributed by atoms with Crippen LogP contribution in [0.25, 0.3) is 0 Å². The highest BCUT2D eigenvalue weighted by Gasteiger charge is 2.31. The van der Waals surface area contributed by atoms with Crippen LogP contribution in [0, 0.1) is 0 Å². The Hall–Kier alpha value is -2.29. The lowest BCUT2D eigenvalue weighted by Crippen LogP contribution is -2.51. The van der Waals surface area contributed by atoms with Crippen molar-refractivity contribution in [3.05, 3.63) is 29.8 Å². The lowest BCUT2D eigenvalue weighted by Gasteiger charge is -2.37. The van der Waals surface area contributed by atoms with Gasteiger partial charge in [0.05, 0.1) is 18.7 Å². The van der Waals surface area contributed by atoms with E-state index >= 15 is 0 Å². The molecule has 0 bridgehead atoms. The number of aliphatic carboxylic acids is 1. The predicted molar refractivity (Wildman–Crippen MR) is 94.6 cm³/mol. The molecule has 6 nitrogen and oxygen atoms in total. The number of carbonyl (C=O) groups is 2. The number of hydrogen-bond acceptors (Lipinski definition) is 4. The number of benzene rings is 1. The van der Waals surface area contributed by atoms with Gasteiger partial charge in [-0.25, -0.2) is 0 Å². The maximum atomic E-state index is 12.9. The molecule has 1 amide bonds. The number of piperazine rings is 1. The van der Waals surface area contributed by atoms with Crippen molar-refractivity contribution in [1.29, 1.82) is 0 Å². The summed E-state index contributed by atoms with van der Waals surface area (Å²) in [5.74, 6) is -1.14. The molecule has 1 N–H and O–H groups in total. The quantitative estimate of drug-likeness (QED) is 0.777. The van der Waals surface area contributed by atoms with E-state index in [-0.39, 0.29) is 19.0 Å². The molecule has 1 aromatic rings. The fourth-order valence-electron chi connectivity index (χ4n) is 3.11. The van der Waals surface area contributed by atoms with E-state index in [0.29, 0.717) is 38.4 Å². The van der Waals surface area contributed by atoms with Crippen molar-refractivity contribution < 1.29 is 27.9 Å². The Bertz CT molecular complexity index is 659. The molecular formula is C18H24F3N3O3. The van der Waals surface area contributed by atoms with Crippen LogP contribution in [0.2, 0.25) is 0 Å². The molecule has 0 atom stereocenters. The van der Waals surface area contributed by atoms with E-state index in [1.807, 2.05) is 11.8 Å². The van der Waals surface area contributed by atoms with Gasteiger partial charge in [-0.05, 0) is 31.2 Å². The molecule has 1 fully saturated rings. The van der Waals surface area contributed by atoms with E-state index in [4.69, 9.17) is 5.11 Å². The molecule has 2 rings (SSSR count). The Morgan fingerprint density at radius 3 is 2.37 bits per heavy atom. The van der Waals surface area contributed by atoms with Gasteiger partial charge >= 0.3 is 12.1 Å². The summed E-state index contributed by atoms with van der Waals surface area (Å²) in [5.41, 5.74) is -0.210. The van der Waals surface area contributed by atoms with Crippen LogP contribution < -0.4 is 4.90 Å². The average molecular weight is 387 g/mol. The number of rotatable bonds is 7. The van der Waals surface area contributed by atoms with Crippen LogP contribution in [0.4, 0.5) is 18.9 Å².